The molecule has 0 fully saturated rings. The minimum absolute atomic E-state index is 0.198. The van der Waals surface area contributed by atoms with E-state index in [1.165, 1.54) is 37.3 Å². The van der Waals surface area contributed by atoms with Crippen LogP contribution in [-0.4, -0.2) is 35.1 Å². The molecule has 0 bridgehead atoms. The summed E-state index contributed by atoms with van der Waals surface area (Å²) < 4.78 is 52.1. The molecule has 0 radical (unpaired) electrons. The average Bonchev–Trinajstić information content (AvgIpc) is 2.74. The van der Waals surface area contributed by atoms with Crippen molar-refractivity contribution in [2.24, 2.45) is 0 Å². The van der Waals surface area contributed by atoms with Crippen LogP contribution in [0, 0.1) is 20.2 Å². The number of methoxy groups -OCH3 is 1. The predicted octanol–water partition coefficient (Wildman–Crippen LogP) is 4.34. The number of rotatable bonds is 9. The summed E-state index contributed by atoms with van der Waals surface area (Å²) in [5.41, 5.74) is -4.83. The van der Waals surface area contributed by atoms with Crippen molar-refractivity contribution in [3.63, 3.8) is 0 Å². The van der Waals surface area contributed by atoms with Crippen LogP contribution in [0.15, 0.2) is 54.6 Å². The zero-order valence-electron chi connectivity index (χ0n) is 16.9. The second-order valence-corrected chi connectivity index (χ2v) is 6.69. The van der Waals surface area contributed by atoms with Gasteiger partial charge in [-0.3, -0.25) is 20.2 Å². The van der Waals surface area contributed by atoms with E-state index >= 15 is 0 Å². The maximum Gasteiger partial charge on any atom is 0.432 e. The smallest absolute Gasteiger partial charge is 0.432 e. The summed E-state index contributed by atoms with van der Waals surface area (Å²) in [5, 5.41) is 22.6. The van der Waals surface area contributed by atoms with Crippen molar-refractivity contribution in [3.05, 3.63) is 86.0 Å². The largest absolute Gasteiger partial charge is 0.447 e. The first kappa shape index (κ1) is 24.7. The van der Waals surface area contributed by atoms with Crippen LogP contribution in [0.2, 0.25) is 0 Å². The molecule has 0 aliphatic heterocycles. The highest BCUT2D eigenvalue weighted by Crippen LogP contribution is 2.44. The molecular formula is C20H19F3N2O7. The van der Waals surface area contributed by atoms with Crippen LogP contribution in [-0.2, 0) is 19.9 Å². The van der Waals surface area contributed by atoms with Crippen LogP contribution >= 0.6 is 0 Å². The van der Waals surface area contributed by atoms with Gasteiger partial charge in [-0.1, -0.05) is 49.4 Å². The molecule has 0 saturated carbocycles. The van der Waals surface area contributed by atoms with E-state index in [0.29, 0.717) is 7.11 Å². The number of esters is 1. The molecular weight excluding hydrogens is 437 g/mol. The van der Waals surface area contributed by atoms with E-state index in [1.54, 1.807) is 0 Å². The minimum Gasteiger partial charge on any atom is -0.447 e. The van der Waals surface area contributed by atoms with Crippen molar-refractivity contribution in [3.8, 4) is 0 Å². The van der Waals surface area contributed by atoms with E-state index in [4.69, 9.17) is 4.74 Å². The number of carbonyl (C=O) groups excluding carboxylic acids is 1. The summed E-state index contributed by atoms with van der Waals surface area (Å²) in [5.74, 6) is -1.93. The summed E-state index contributed by atoms with van der Waals surface area (Å²) >= 11 is 0. The lowest BCUT2D eigenvalue weighted by molar-refractivity contribution is -0.536. The molecule has 0 aliphatic rings. The highest BCUT2D eigenvalue weighted by Gasteiger charge is 2.64. The van der Waals surface area contributed by atoms with Gasteiger partial charge in [0, 0.05) is 41.7 Å². The van der Waals surface area contributed by atoms with Gasteiger partial charge >= 0.3 is 12.1 Å². The molecule has 2 rings (SSSR count). The number of hydrogen-bond donors (Lipinski definition) is 0. The van der Waals surface area contributed by atoms with Crippen LogP contribution in [0.3, 0.4) is 0 Å². The van der Waals surface area contributed by atoms with Gasteiger partial charge in [0.25, 0.3) is 17.3 Å². The van der Waals surface area contributed by atoms with Crippen LogP contribution in [0.1, 0.15) is 30.6 Å². The number of benzene rings is 2. The third-order valence-electron chi connectivity index (χ3n) is 4.86. The Balaban J connectivity index is 2.63. The summed E-state index contributed by atoms with van der Waals surface area (Å²) in [4.78, 5) is 34.0. The zero-order chi connectivity index (χ0) is 24.1. The number of nitro groups is 2. The third kappa shape index (κ3) is 4.69. The van der Waals surface area contributed by atoms with Crippen LogP contribution < -0.4 is 0 Å². The molecule has 0 saturated heterocycles. The highest BCUT2D eigenvalue weighted by atomic mass is 19.4. The molecule has 32 heavy (non-hydrogen) atoms. The number of non-ortho nitro benzene ring substituents is 1. The fourth-order valence-corrected chi connectivity index (χ4v) is 3.24. The minimum atomic E-state index is -5.29. The summed E-state index contributed by atoms with van der Waals surface area (Å²) in [6, 6.07) is 8.67. The van der Waals surface area contributed by atoms with Crippen LogP contribution in [0.5, 0.6) is 0 Å². The van der Waals surface area contributed by atoms with E-state index < -0.39 is 51.0 Å². The Kier molecular flexibility index (Phi) is 7.52. The molecule has 12 heteroatoms. The average molecular weight is 456 g/mol. The highest BCUT2D eigenvalue weighted by molar-refractivity contribution is 5.83. The molecule has 0 aromatic heterocycles. The fourth-order valence-electron chi connectivity index (χ4n) is 3.24. The Bertz CT molecular complexity index is 985. The van der Waals surface area contributed by atoms with Gasteiger partial charge in [0.15, 0.2) is 6.10 Å². The second-order valence-electron chi connectivity index (χ2n) is 6.69. The lowest BCUT2D eigenvalue weighted by Crippen LogP contribution is -2.52. The molecule has 9 nitrogen and oxygen atoms in total. The van der Waals surface area contributed by atoms with Crippen molar-refractivity contribution < 1.29 is 37.3 Å². The number of carbonyl (C=O) groups is 1. The fraction of sp³-hybridized carbons (Fsp3) is 0.350. The first-order chi connectivity index (χ1) is 15.0. The standard InChI is InChI=1S/C20H19F3N2O7/c1-3-16(25(29)30)17(13-8-7-11-15(12-13)24(27)28)32-18(26)19(31-2,20(21,22)23)14-9-5-4-6-10-14/h4-12,16-17H,3H2,1-2H3/t16-,17+,19-/m0/s1. The Morgan fingerprint density at radius 1 is 1.06 bits per heavy atom. The molecule has 0 unspecified atom stereocenters. The van der Waals surface area contributed by atoms with Gasteiger partial charge in [-0.2, -0.15) is 13.2 Å². The van der Waals surface area contributed by atoms with Crippen molar-refractivity contribution in [2.45, 2.75) is 37.3 Å². The van der Waals surface area contributed by atoms with E-state index in [-0.39, 0.29) is 12.0 Å². The van der Waals surface area contributed by atoms with Gasteiger partial charge in [0.1, 0.15) is 0 Å². The van der Waals surface area contributed by atoms with Gasteiger partial charge in [-0.25, -0.2) is 4.79 Å². The molecule has 3 atom stereocenters. The Morgan fingerprint density at radius 2 is 1.69 bits per heavy atom. The Labute approximate surface area is 180 Å². The number of nitrogens with zero attached hydrogens (tertiary/aromatic N) is 2. The summed E-state index contributed by atoms with van der Waals surface area (Å²) in [6.07, 6.45) is -7.36. The molecule has 172 valence electrons. The zero-order valence-corrected chi connectivity index (χ0v) is 16.9. The number of ether oxygens (including phenoxy) is 2. The Hall–Kier alpha value is -3.54. The first-order valence-corrected chi connectivity index (χ1v) is 9.25. The van der Waals surface area contributed by atoms with E-state index in [2.05, 4.69) is 4.74 Å². The molecule has 0 spiro atoms. The van der Waals surface area contributed by atoms with Gasteiger partial charge in [0.2, 0.25) is 0 Å². The second kappa shape index (κ2) is 9.73. The third-order valence-corrected chi connectivity index (χ3v) is 4.86. The van der Waals surface area contributed by atoms with Gasteiger partial charge in [0.05, 0.1) is 4.92 Å². The molecule has 2 aromatic rings. The SMILES string of the molecule is CC[C@@H]([C@H](OC(=O)[C@@](OC)(c1ccccc1)C(F)(F)F)c1cccc([N+](=O)[O-])c1)[N+](=O)[O-]. The van der Waals surface area contributed by atoms with Gasteiger partial charge in [-0.05, 0) is 0 Å². The summed E-state index contributed by atoms with van der Waals surface area (Å²) in [6.45, 7) is 1.37. The van der Waals surface area contributed by atoms with Crippen molar-refractivity contribution >= 4 is 11.7 Å². The van der Waals surface area contributed by atoms with Crippen LogP contribution in [0.4, 0.5) is 18.9 Å². The van der Waals surface area contributed by atoms with Crippen molar-refractivity contribution in [2.75, 3.05) is 7.11 Å². The maximum absolute atomic E-state index is 14.1. The van der Waals surface area contributed by atoms with E-state index in [1.807, 2.05) is 0 Å². The lowest BCUT2D eigenvalue weighted by Gasteiger charge is -2.34. The van der Waals surface area contributed by atoms with Gasteiger partial charge < -0.3 is 9.47 Å². The topological polar surface area (TPSA) is 122 Å². The van der Waals surface area contributed by atoms with E-state index in [9.17, 15) is 38.2 Å². The van der Waals surface area contributed by atoms with Crippen molar-refractivity contribution in [1.82, 2.24) is 0 Å². The maximum atomic E-state index is 14.1. The number of halogens is 3. The van der Waals surface area contributed by atoms with Crippen LogP contribution in [0.25, 0.3) is 0 Å². The lowest BCUT2D eigenvalue weighted by atomic mass is 9.92. The molecule has 0 heterocycles. The normalized spacial score (nSPS) is 15.3. The van der Waals surface area contributed by atoms with E-state index in [0.717, 1.165) is 24.3 Å². The molecule has 0 N–H and O–H groups in total. The Morgan fingerprint density at radius 3 is 2.16 bits per heavy atom. The molecule has 0 aliphatic carbocycles. The monoisotopic (exact) mass is 456 g/mol. The quantitative estimate of drug-likeness (QED) is 0.313. The first-order valence-electron chi connectivity index (χ1n) is 9.25. The predicted molar refractivity (Wildman–Crippen MR) is 104 cm³/mol. The van der Waals surface area contributed by atoms with Gasteiger partial charge in [-0.15, -0.1) is 0 Å². The number of alkyl halides is 3. The molecule has 0 amide bonds. The summed E-state index contributed by atoms with van der Waals surface area (Å²) in [7, 11) is 0.662. The molecule has 2 aromatic carbocycles. The number of nitro benzene ring substituents is 1. The van der Waals surface area contributed by atoms with Crippen molar-refractivity contribution in [1.29, 1.82) is 0 Å². The number of hydrogen-bond acceptors (Lipinski definition) is 7.